The highest BCUT2D eigenvalue weighted by Crippen LogP contribution is 2.33. The van der Waals surface area contributed by atoms with Crippen LogP contribution in [0, 0.1) is 11.7 Å². The van der Waals surface area contributed by atoms with Crippen LogP contribution in [0.15, 0.2) is 54.6 Å². The average Bonchev–Trinajstić information content (AvgIpc) is 3.48. The fourth-order valence-corrected chi connectivity index (χ4v) is 4.22. The van der Waals surface area contributed by atoms with Crippen molar-refractivity contribution >= 4 is 5.91 Å². The van der Waals surface area contributed by atoms with E-state index in [0.717, 1.165) is 36.4 Å². The molecule has 1 saturated heterocycles. The number of benzene rings is 2. The molecule has 1 amide bonds. The van der Waals surface area contributed by atoms with Gasteiger partial charge in [-0.05, 0) is 43.5 Å². The summed E-state index contributed by atoms with van der Waals surface area (Å²) in [4.78, 5) is 15.0. The second-order valence-corrected chi connectivity index (χ2v) is 8.87. The van der Waals surface area contributed by atoms with Crippen molar-refractivity contribution in [2.75, 3.05) is 13.2 Å². The molecule has 180 valence electrons. The predicted molar refractivity (Wildman–Crippen MR) is 129 cm³/mol. The molecule has 3 aromatic rings. The molecule has 1 aliphatic rings. The van der Waals surface area contributed by atoms with Crippen molar-refractivity contribution in [1.82, 2.24) is 14.7 Å². The van der Waals surface area contributed by atoms with Crippen LogP contribution in [-0.4, -0.2) is 39.8 Å². The zero-order valence-corrected chi connectivity index (χ0v) is 20.0. The number of hydrogen-bond acceptors (Lipinski definition) is 4. The zero-order valence-electron chi connectivity index (χ0n) is 20.0. The SMILES string of the molecule is CCc1nn(-c2ccccc2)c(Oc2ccccc2F)c1CN(CC1CCCO1)C(=O)C(C)C. The third-order valence-corrected chi connectivity index (χ3v) is 6.00. The maximum Gasteiger partial charge on any atom is 0.228 e. The first-order valence-corrected chi connectivity index (χ1v) is 12.0. The minimum absolute atomic E-state index is 0.0212. The molecular formula is C27H32FN3O3. The van der Waals surface area contributed by atoms with E-state index in [1.54, 1.807) is 22.9 Å². The van der Waals surface area contributed by atoms with Gasteiger partial charge in [-0.2, -0.15) is 5.10 Å². The van der Waals surface area contributed by atoms with E-state index in [-0.39, 0.29) is 23.7 Å². The van der Waals surface area contributed by atoms with Gasteiger partial charge in [-0.3, -0.25) is 4.79 Å². The number of nitrogens with zero attached hydrogens (tertiary/aromatic N) is 3. The Labute approximate surface area is 200 Å². The molecule has 0 spiro atoms. The van der Waals surface area contributed by atoms with Crippen LogP contribution in [0.1, 0.15) is 44.9 Å². The van der Waals surface area contributed by atoms with Crippen LogP contribution in [0.25, 0.3) is 5.69 Å². The van der Waals surface area contributed by atoms with E-state index in [1.165, 1.54) is 6.07 Å². The normalized spacial score (nSPS) is 15.6. The summed E-state index contributed by atoms with van der Waals surface area (Å²) in [5.74, 6) is -0.0402. The van der Waals surface area contributed by atoms with Crippen molar-refractivity contribution in [3.63, 3.8) is 0 Å². The molecular weight excluding hydrogens is 433 g/mol. The van der Waals surface area contributed by atoms with Crippen LogP contribution in [0.4, 0.5) is 4.39 Å². The number of hydrogen-bond donors (Lipinski definition) is 0. The zero-order chi connectivity index (χ0) is 24.1. The number of carbonyl (C=O) groups excluding carboxylic acids is 1. The van der Waals surface area contributed by atoms with Crippen molar-refractivity contribution in [3.8, 4) is 17.3 Å². The van der Waals surface area contributed by atoms with Gasteiger partial charge < -0.3 is 14.4 Å². The minimum atomic E-state index is -0.457. The Morgan fingerprint density at radius 2 is 1.94 bits per heavy atom. The second-order valence-electron chi connectivity index (χ2n) is 8.87. The lowest BCUT2D eigenvalue weighted by molar-refractivity contribution is -0.136. The fourth-order valence-electron chi connectivity index (χ4n) is 4.22. The van der Waals surface area contributed by atoms with Gasteiger partial charge in [0.05, 0.1) is 29.6 Å². The molecule has 1 atom stereocenters. The van der Waals surface area contributed by atoms with Crippen LogP contribution in [-0.2, 0) is 22.5 Å². The monoisotopic (exact) mass is 465 g/mol. The number of carbonyl (C=O) groups is 1. The van der Waals surface area contributed by atoms with E-state index in [1.807, 2.05) is 56.0 Å². The number of rotatable bonds is 9. The van der Waals surface area contributed by atoms with Gasteiger partial charge in [-0.1, -0.05) is 51.1 Å². The fraction of sp³-hybridized carbons (Fsp3) is 0.407. The van der Waals surface area contributed by atoms with Crippen molar-refractivity contribution < 1.29 is 18.7 Å². The molecule has 0 bridgehead atoms. The highest BCUT2D eigenvalue weighted by Gasteiger charge is 2.29. The molecule has 2 heterocycles. The van der Waals surface area contributed by atoms with Crippen molar-refractivity contribution in [1.29, 1.82) is 0 Å². The topological polar surface area (TPSA) is 56.6 Å². The van der Waals surface area contributed by atoms with E-state index < -0.39 is 5.82 Å². The van der Waals surface area contributed by atoms with Crippen LogP contribution in [0.3, 0.4) is 0 Å². The summed E-state index contributed by atoms with van der Waals surface area (Å²) in [6.07, 6.45) is 2.60. The first kappa shape index (κ1) is 24.0. The summed E-state index contributed by atoms with van der Waals surface area (Å²) in [5, 5.41) is 4.81. The molecule has 0 radical (unpaired) electrons. The molecule has 1 aromatic heterocycles. The molecule has 0 aliphatic carbocycles. The molecule has 1 unspecified atom stereocenters. The van der Waals surface area contributed by atoms with Crippen molar-refractivity contribution in [2.45, 2.75) is 52.7 Å². The molecule has 2 aromatic carbocycles. The summed E-state index contributed by atoms with van der Waals surface area (Å²) in [6.45, 7) is 7.36. The van der Waals surface area contributed by atoms with Crippen LogP contribution in [0.5, 0.6) is 11.6 Å². The largest absolute Gasteiger partial charge is 0.435 e. The van der Waals surface area contributed by atoms with Crippen LogP contribution >= 0.6 is 0 Å². The highest BCUT2D eigenvalue weighted by atomic mass is 19.1. The number of halogens is 1. The molecule has 34 heavy (non-hydrogen) atoms. The Bertz CT molecular complexity index is 1110. The molecule has 1 aliphatic heterocycles. The lowest BCUT2D eigenvalue weighted by atomic mass is 10.1. The second kappa shape index (κ2) is 10.8. The minimum Gasteiger partial charge on any atom is -0.435 e. The summed E-state index contributed by atoms with van der Waals surface area (Å²) in [6, 6.07) is 15.9. The van der Waals surface area contributed by atoms with Gasteiger partial charge in [0, 0.05) is 19.1 Å². The number of para-hydroxylation sites is 2. The van der Waals surface area contributed by atoms with Gasteiger partial charge in [0.15, 0.2) is 11.6 Å². The molecule has 0 N–H and O–H groups in total. The smallest absolute Gasteiger partial charge is 0.228 e. The van der Waals surface area contributed by atoms with E-state index in [4.69, 9.17) is 14.6 Å². The standard InChI is InChI=1S/C27H32FN3O3/c1-4-24-22(18-30(26(32)19(2)3)17-21-13-10-16-33-21)27(34-25-15-9-8-14-23(25)28)31(29-24)20-11-6-5-7-12-20/h5-9,11-12,14-15,19,21H,4,10,13,16-18H2,1-3H3. The summed E-state index contributed by atoms with van der Waals surface area (Å²) >= 11 is 0. The Balaban J connectivity index is 1.78. The first-order chi connectivity index (χ1) is 16.5. The first-order valence-electron chi connectivity index (χ1n) is 12.0. The number of aryl methyl sites for hydroxylation is 1. The van der Waals surface area contributed by atoms with Crippen molar-refractivity contribution in [2.24, 2.45) is 5.92 Å². The number of amides is 1. The van der Waals surface area contributed by atoms with Gasteiger partial charge >= 0.3 is 0 Å². The van der Waals surface area contributed by atoms with Gasteiger partial charge in [-0.25, -0.2) is 9.07 Å². The third kappa shape index (κ3) is 5.30. The lowest BCUT2D eigenvalue weighted by Crippen LogP contribution is -2.39. The Kier molecular flexibility index (Phi) is 7.63. The highest BCUT2D eigenvalue weighted by molar-refractivity contribution is 5.78. The van der Waals surface area contributed by atoms with E-state index in [9.17, 15) is 9.18 Å². The van der Waals surface area contributed by atoms with Crippen LogP contribution < -0.4 is 4.74 Å². The van der Waals surface area contributed by atoms with E-state index in [2.05, 4.69) is 0 Å². The molecule has 4 rings (SSSR count). The summed E-state index contributed by atoms with van der Waals surface area (Å²) in [7, 11) is 0. The lowest BCUT2D eigenvalue weighted by Gasteiger charge is -2.27. The van der Waals surface area contributed by atoms with Gasteiger partial charge in [0.2, 0.25) is 11.8 Å². The van der Waals surface area contributed by atoms with Gasteiger partial charge in [0.1, 0.15) is 0 Å². The average molecular weight is 466 g/mol. The molecule has 6 nitrogen and oxygen atoms in total. The Hall–Kier alpha value is -3.19. The summed E-state index contributed by atoms with van der Waals surface area (Å²) < 4.78 is 28.3. The van der Waals surface area contributed by atoms with E-state index >= 15 is 0 Å². The summed E-state index contributed by atoms with van der Waals surface area (Å²) in [5.41, 5.74) is 2.39. The molecule has 1 fully saturated rings. The molecule has 7 heteroatoms. The predicted octanol–water partition coefficient (Wildman–Crippen LogP) is 5.53. The quantitative estimate of drug-likeness (QED) is 0.417. The Morgan fingerprint density at radius 3 is 2.59 bits per heavy atom. The number of aromatic nitrogens is 2. The number of ether oxygens (including phenoxy) is 2. The maximum atomic E-state index is 14.6. The maximum absolute atomic E-state index is 14.6. The van der Waals surface area contributed by atoms with E-state index in [0.29, 0.717) is 25.4 Å². The van der Waals surface area contributed by atoms with Gasteiger partial charge in [-0.15, -0.1) is 0 Å². The Morgan fingerprint density at radius 1 is 1.21 bits per heavy atom. The van der Waals surface area contributed by atoms with Crippen molar-refractivity contribution in [3.05, 3.63) is 71.7 Å². The third-order valence-electron chi connectivity index (χ3n) is 6.00. The van der Waals surface area contributed by atoms with Crippen LogP contribution in [0.2, 0.25) is 0 Å². The van der Waals surface area contributed by atoms with Gasteiger partial charge in [0.25, 0.3) is 0 Å². The molecule has 0 saturated carbocycles.